The zero-order valence-electron chi connectivity index (χ0n) is 13.9. The topological polar surface area (TPSA) is 84.7 Å². The van der Waals surface area contributed by atoms with Gasteiger partial charge in [0.1, 0.15) is 6.04 Å². The van der Waals surface area contributed by atoms with Crippen LogP contribution in [0, 0.1) is 0 Å². The van der Waals surface area contributed by atoms with Crippen LogP contribution in [0.15, 0.2) is 24.4 Å². The lowest BCUT2D eigenvalue weighted by atomic mass is 10.2. The number of methoxy groups -OCH3 is 1. The summed E-state index contributed by atoms with van der Waals surface area (Å²) in [5.74, 6) is -1.57. The summed E-state index contributed by atoms with van der Waals surface area (Å²) in [5.41, 5.74) is 1.26. The molecule has 0 aliphatic rings. The van der Waals surface area contributed by atoms with Crippen molar-refractivity contribution >= 4 is 35.1 Å². The van der Waals surface area contributed by atoms with Gasteiger partial charge in [0.2, 0.25) is 0 Å². The Morgan fingerprint density at radius 3 is 2.60 bits per heavy atom. The summed E-state index contributed by atoms with van der Waals surface area (Å²) in [7, 11) is 2.91. The number of ether oxygens (including phenoxy) is 1. The summed E-state index contributed by atoms with van der Waals surface area (Å²) in [6.45, 7) is 1.77. The lowest BCUT2D eigenvalue weighted by Crippen LogP contribution is -2.35. The first-order valence-corrected chi connectivity index (χ1v) is 8.05. The van der Waals surface area contributed by atoms with Crippen LogP contribution in [-0.2, 0) is 16.1 Å². The number of nitrogens with zero attached hydrogens (tertiary/aromatic N) is 3. The maximum Gasteiger partial charge on any atom is 0.358 e. The van der Waals surface area contributed by atoms with Gasteiger partial charge in [-0.2, -0.15) is 5.10 Å². The molecule has 1 aromatic carbocycles. The average Bonchev–Trinajstić information content (AvgIpc) is 2.99. The van der Waals surface area contributed by atoms with Crippen LogP contribution < -0.4 is 0 Å². The zero-order chi connectivity index (χ0) is 18.7. The molecule has 7 nitrogen and oxygen atoms in total. The highest BCUT2D eigenvalue weighted by atomic mass is 35.5. The summed E-state index contributed by atoms with van der Waals surface area (Å²) in [6.07, 6.45) is 1.64. The summed E-state index contributed by atoms with van der Waals surface area (Å²) in [6, 6.07) is 4.22. The first-order valence-electron chi connectivity index (χ1n) is 7.30. The first kappa shape index (κ1) is 19.2. The standard InChI is InChI=1S/C16H17Cl2N3O4/c1-9(15(22)23)20(2)7-10-8-21(19-14(10)16(24)25-3)11-4-5-12(17)13(18)6-11/h4-6,8-9H,7H2,1-3H3,(H,22,23). The summed E-state index contributed by atoms with van der Waals surface area (Å²) >= 11 is 11.9. The lowest BCUT2D eigenvalue weighted by Gasteiger charge is -2.20. The second kappa shape index (κ2) is 7.86. The maximum atomic E-state index is 12.0. The molecule has 0 saturated carbocycles. The van der Waals surface area contributed by atoms with Gasteiger partial charge >= 0.3 is 11.9 Å². The fraction of sp³-hybridized carbons (Fsp3) is 0.312. The molecule has 0 saturated heterocycles. The van der Waals surface area contributed by atoms with E-state index in [-0.39, 0.29) is 12.2 Å². The molecule has 0 spiro atoms. The number of aromatic nitrogens is 2. The Kier molecular flexibility index (Phi) is 6.05. The van der Waals surface area contributed by atoms with E-state index in [0.717, 1.165) is 0 Å². The van der Waals surface area contributed by atoms with Gasteiger partial charge in [-0.3, -0.25) is 9.69 Å². The van der Waals surface area contributed by atoms with Gasteiger partial charge in [-0.05, 0) is 32.2 Å². The molecule has 0 bridgehead atoms. The van der Waals surface area contributed by atoms with Gasteiger partial charge in [-0.1, -0.05) is 23.2 Å². The van der Waals surface area contributed by atoms with Gasteiger partial charge in [0.15, 0.2) is 5.69 Å². The van der Waals surface area contributed by atoms with Gasteiger partial charge in [-0.15, -0.1) is 0 Å². The predicted octanol–water partition coefficient (Wildman–Crippen LogP) is 2.87. The Morgan fingerprint density at radius 1 is 1.36 bits per heavy atom. The average molecular weight is 386 g/mol. The molecule has 0 fully saturated rings. The molecule has 1 aromatic heterocycles. The number of hydrogen-bond donors (Lipinski definition) is 1. The summed E-state index contributed by atoms with van der Waals surface area (Å²) in [4.78, 5) is 24.7. The van der Waals surface area contributed by atoms with Crippen LogP contribution in [0.2, 0.25) is 10.0 Å². The molecular weight excluding hydrogens is 369 g/mol. The van der Waals surface area contributed by atoms with Crippen LogP contribution in [0.25, 0.3) is 5.69 Å². The van der Waals surface area contributed by atoms with Gasteiger partial charge in [0, 0.05) is 18.3 Å². The minimum absolute atomic E-state index is 0.109. The van der Waals surface area contributed by atoms with Crippen molar-refractivity contribution in [2.75, 3.05) is 14.2 Å². The zero-order valence-corrected chi connectivity index (χ0v) is 15.4. The number of rotatable bonds is 6. The molecule has 9 heteroatoms. The molecule has 134 valence electrons. The number of carbonyl (C=O) groups is 2. The molecule has 0 amide bonds. The van der Waals surface area contributed by atoms with Crippen LogP contribution in [0.4, 0.5) is 0 Å². The molecular formula is C16H17Cl2N3O4. The quantitative estimate of drug-likeness (QED) is 0.769. The normalized spacial score (nSPS) is 12.2. The van der Waals surface area contributed by atoms with Crippen LogP contribution in [-0.4, -0.2) is 51.9 Å². The summed E-state index contributed by atoms with van der Waals surface area (Å²) in [5, 5.41) is 14.1. The number of esters is 1. The van der Waals surface area contributed by atoms with E-state index in [9.17, 15) is 9.59 Å². The van der Waals surface area contributed by atoms with Crippen molar-refractivity contribution < 1.29 is 19.4 Å². The van der Waals surface area contributed by atoms with Crippen LogP contribution in [0.1, 0.15) is 23.0 Å². The minimum atomic E-state index is -0.959. The number of hydrogen-bond acceptors (Lipinski definition) is 5. The Morgan fingerprint density at radius 2 is 2.04 bits per heavy atom. The number of carboxylic acids is 1. The molecule has 1 unspecified atom stereocenters. The Balaban J connectivity index is 2.41. The van der Waals surface area contributed by atoms with Crippen molar-refractivity contribution in [3.05, 3.63) is 45.7 Å². The Labute approximate surface area is 154 Å². The fourth-order valence-corrected chi connectivity index (χ4v) is 2.44. The van der Waals surface area contributed by atoms with E-state index in [0.29, 0.717) is 21.3 Å². The molecule has 1 atom stereocenters. The summed E-state index contributed by atoms with van der Waals surface area (Å²) < 4.78 is 6.24. The highest BCUT2D eigenvalue weighted by Crippen LogP contribution is 2.25. The fourth-order valence-electron chi connectivity index (χ4n) is 2.15. The van der Waals surface area contributed by atoms with Gasteiger partial charge in [-0.25, -0.2) is 9.48 Å². The van der Waals surface area contributed by atoms with Crippen molar-refractivity contribution in [3.8, 4) is 5.69 Å². The van der Waals surface area contributed by atoms with Crippen molar-refractivity contribution in [1.29, 1.82) is 0 Å². The van der Waals surface area contributed by atoms with E-state index < -0.39 is 18.0 Å². The molecule has 2 aromatic rings. The Bertz CT molecular complexity index is 807. The number of carbonyl (C=O) groups excluding carboxylic acids is 1. The number of carboxylic acid groups (broad SMARTS) is 1. The third kappa shape index (κ3) is 4.31. The van der Waals surface area contributed by atoms with Crippen molar-refractivity contribution in [2.45, 2.75) is 19.5 Å². The molecule has 1 heterocycles. The van der Waals surface area contributed by atoms with E-state index in [1.807, 2.05) is 0 Å². The molecule has 0 radical (unpaired) electrons. The number of benzene rings is 1. The SMILES string of the molecule is COC(=O)c1nn(-c2ccc(Cl)c(Cl)c2)cc1CN(C)C(C)C(=O)O. The van der Waals surface area contributed by atoms with Crippen molar-refractivity contribution in [2.24, 2.45) is 0 Å². The van der Waals surface area contributed by atoms with Gasteiger partial charge in [0.05, 0.1) is 22.8 Å². The van der Waals surface area contributed by atoms with Crippen LogP contribution in [0.5, 0.6) is 0 Å². The number of likely N-dealkylation sites (N-methyl/N-ethyl adjacent to an activating group) is 1. The number of aliphatic carboxylic acids is 1. The van der Waals surface area contributed by atoms with Crippen LogP contribution >= 0.6 is 23.2 Å². The lowest BCUT2D eigenvalue weighted by molar-refractivity contribution is -0.142. The molecule has 0 aliphatic heterocycles. The van der Waals surface area contributed by atoms with E-state index in [4.69, 9.17) is 33.0 Å². The Hall–Kier alpha value is -2.09. The van der Waals surface area contributed by atoms with Gasteiger partial charge in [0.25, 0.3) is 0 Å². The molecule has 25 heavy (non-hydrogen) atoms. The smallest absolute Gasteiger partial charge is 0.358 e. The minimum Gasteiger partial charge on any atom is -0.480 e. The van der Waals surface area contributed by atoms with Crippen LogP contribution in [0.3, 0.4) is 0 Å². The third-order valence-corrected chi connectivity index (χ3v) is 4.51. The van der Waals surface area contributed by atoms with Crippen molar-refractivity contribution in [3.63, 3.8) is 0 Å². The second-order valence-corrected chi connectivity index (χ2v) is 6.28. The molecule has 0 aliphatic carbocycles. The monoisotopic (exact) mass is 385 g/mol. The highest BCUT2D eigenvalue weighted by Gasteiger charge is 2.23. The largest absolute Gasteiger partial charge is 0.480 e. The molecule has 1 N–H and O–H groups in total. The first-order chi connectivity index (χ1) is 11.7. The second-order valence-electron chi connectivity index (χ2n) is 5.47. The van der Waals surface area contributed by atoms with Crippen molar-refractivity contribution in [1.82, 2.24) is 14.7 Å². The van der Waals surface area contributed by atoms with Gasteiger partial charge < -0.3 is 9.84 Å². The maximum absolute atomic E-state index is 12.0. The highest BCUT2D eigenvalue weighted by molar-refractivity contribution is 6.42. The van der Waals surface area contributed by atoms with E-state index in [1.54, 1.807) is 43.3 Å². The molecule has 2 rings (SSSR count). The van der Waals surface area contributed by atoms with E-state index >= 15 is 0 Å². The van der Waals surface area contributed by atoms with E-state index in [1.165, 1.54) is 11.8 Å². The van der Waals surface area contributed by atoms with E-state index in [2.05, 4.69) is 5.10 Å². The predicted molar refractivity (Wildman–Crippen MR) is 93.5 cm³/mol. The third-order valence-electron chi connectivity index (χ3n) is 3.77. The number of halogens is 2.